The number of hydrogen-bond donors (Lipinski definition) is 1. The van der Waals surface area contributed by atoms with E-state index in [2.05, 4.69) is 35.8 Å². The Morgan fingerprint density at radius 2 is 2.12 bits per heavy atom. The molecule has 1 aromatic rings. The maximum Gasteiger partial charge on any atom is 0.0946 e. The Labute approximate surface area is 99.3 Å². The summed E-state index contributed by atoms with van der Waals surface area (Å²) in [6.07, 6.45) is 10.4. The molecule has 1 atom stereocenters. The van der Waals surface area contributed by atoms with Crippen LogP contribution in [0.3, 0.4) is 0 Å². The summed E-state index contributed by atoms with van der Waals surface area (Å²) in [6, 6.07) is 0.467. The van der Waals surface area contributed by atoms with Crippen LogP contribution in [0.15, 0.2) is 12.5 Å². The van der Waals surface area contributed by atoms with Crippen LogP contribution >= 0.6 is 0 Å². The van der Waals surface area contributed by atoms with Crippen molar-refractivity contribution in [3.8, 4) is 0 Å². The number of nitrogens with one attached hydrogen (secondary N) is 1. The summed E-state index contributed by atoms with van der Waals surface area (Å²) in [5, 5.41) is 3.54. The molecule has 0 aliphatic heterocycles. The fourth-order valence-corrected chi connectivity index (χ4v) is 2.08. The first-order chi connectivity index (χ1) is 7.79. The fourth-order valence-electron chi connectivity index (χ4n) is 2.08. The zero-order valence-corrected chi connectivity index (χ0v) is 10.9. The van der Waals surface area contributed by atoms with Crippen LogP contribution in [0.25, 0.3) is 0 Å². The van der Waals surface area contributed by atoms with Gasteiger partial charge < -0.3 is 9.88 Å². The molecule has 0 amide bonds. The zero-order chi connectivity index (χ0) is 11.8. The predicted molar refractivity (Wildman–Crippen MR) is 68.4 cm³/mol. The van der Waals surface area contributed by atoms with Crippen LogP contribution < -0.4 is 5.32 Å². The quantitative estimate of drug-likeness (QED) is 0.686. The first-order valence-electron chi connectivity index (χ1n) is 6.49. The molecule has 0 spiro atoms. The van der Waals surface area contributed by atoms with Crippen molar-refractivity contribution in [3.05, 3.63) is 18.2 Å². The number of nitrogens with zero attached hydrogens (tertiary/aromatic N) is 2. The van der Waals surface area contributed by atoms with E-state index in [-0.39, 0.29) is 0 Å². The van der Waals surface area contributed by atoms with Gasteiger partial charge in [-0.05, 0) is 13.0 Å². The van der Waals surface area contributed by atoms with Gasteiger partial charge in [-0.1, -0.05) is 39.5 Å². The Kier molecular flexibility index (Phi) is 6.16. The van der Waals surface area contributed by atoms with Gasteiger partial charge in [-0.2, -0.15) is 0 Å². The Bertz CT molecular complexity index is 280. The van der Waals surface area contributed by atoms with E-state index in [9.17, 15) is 0 Å². The molecule has 1 aromatic heterocycles. The van der Waals surface area contributed by atoms with Gasteiger partial charge in [-0.25, -0.2) is 4.98 Å². The summed E-state index contributed by atoms with van der Waals surface area (Å²) in [6.45, 7) is 5.43. The highest BCUT2D eigenvalue weighted by Crippen LogP contribution is 2.19. The third-order valence-electron chi connectivity index (χ3n) is 3.01. The number of imidazole rings is 1. The second-order valence-electron chi connectivity index (χ2n) is 4.39. The van der Waals surface area contributed by atoms with Crippen LogP contribution in [0.4, 0.5) is 0 Å². The van der Waals surface area contributed by atoms with Crippen molar-refractivity contribution >= 4 is 0 Å². The molecule has 1 N–H and O–H groups in total. The molecule has 16 heavy (non-hydrogen) atoms. The van der Waals surface area contributed by atoms with Crippen molar-refractivity contribution in [2.75, 3.05) is 6.54 Å². The minimum atomic E-state index is 0.467. The lowest BCUT2D eigenvalue weighted by Gasteiger charge is -2.18. The summed E-state index contributed by atoms with van der Waals surface area (Å²) in [4.78, 5) is 4.19. The van der Waals surface area contributed by atoms with E-state index in [0.717, 1.165) is 6.54 Å². The number of aromatic nitrogens is 2. The Balaban J connectivity index is 2.45. The average molecular weight is 223 g/mol. The topological polar surface area (TPSA) is 29.9 Å². The minimum absolute atomic E-state index is 0.467. The molecular weight excluding hydrogens is 198 g/mol. The van der Waals surface area contributed by atoms with E-state index < -0.39 is 0 Å². The van der Waals surface area contributed by atoms with Gasteiger partial charge >= 0.3 is 0 Å². The molecule has 0 fully saturated rings. The highest BCUT2D eigenvalue weighted by molar-refractivity contribution is 5.04. The average Bonchev–Trinajstić information content (AvgIpc) is 2.69. The van der Waals surface area contributed by atoms with Crippen molar-refractivity contribution in [2.24, 2.45) is 7.05 Å². The van der Waals surface area contributed by atoms with Crippen molar-refractivity contribution in [2.45, 2.75) is 52.0 Å². The third kappa shape index (κ3) is 3.97. The smallest absolute Gasteiger partial charge is 0.0946 e. The van der Waals surface area contributed by atoms with E-state index in [0.29, 0.717) is 6.04 Å². The monoisotopic (exact) mass is 223 g/mol. The Hall–Kier alpha value is -0.830. The predicted octanol–water partition coefficient (Wildman–Crippen LogP) is 3.04. The molecule has 1 heterocycles. The van der Waals surface area contributed by atoms with Crippen LogP contribution in [0.2, 0.25) is 0 Å². The zero-order valence-electron chi connectivity index (χ0n) is 10.9. The molecule has 3 heteroatoms. The molecule has 0 bridgehead atoms. The van der Waals surface area contributed by atoms with Gasteiger partial charge in [0, 0.05) is 19.3 Å². The van der Waals surface area contributed by atoms with Crippen molar-refractivity contribution in [3.63, 3.8) is 0 Å². The fraction of sp³-hybridized carbons (Fsp3) is 0.769. The standard InChI is InChI=1S/C13H25N3/c1-4-6-7-8-9-12(15-5-2)13-10-14-11-16(13)3/h10-12,15H,4-9H2,1-3H3. The first-order valence-corrected chi connectivity index (χ1v) is 6.49. The molecule has 0 saturated carbocycles. The molecule has 3 nitrogen and oxygen atoms in total. The summed E-state index contributed by atoms with van der Waals surface area (Å²) in [5.74, 6) is 0. The number of unbranched alkanes of at least 4 members (excludes halogenated alkanes) is 3. The van der Waals surface area contributed by atoms with Crippen LogP contribution in [-0.4, -0.2) is 16.1 Å². The van der Waals surface area contributed by atoms with E-state index in [1.807, 2.05) is 12.5 Å². The van der Waals surface area contributed by atoms with Gasteiger partial charge in [0.1, 0.15) is 0 Å². The lowest BCUT2D eigenvalue weighted by molar-refractivity contribution is 0.462. The van der Waals surface area contributed by atoms with E-state index >= 15 is 0 Å². The van der Waals surface area contributed by atoms with Gasteiger partial charge in [0.15, 0.2) is 0 Å². The summed E-state index contributed by atoms with van der Waals surface area (Å²) in [7, 11) is 2.07. The van der Waals surface area contributed by atoms with Crippen LogP contribution in [0.1, 0.15) is 57.7 Å². The molecule has 0 aromatic carbocycles. The molecule has 1 unspecified atom stereocenters. The maximum absolute atomic E-state index is 4.19. The number of rotatable bonds is 8. The summed E-state index contributed by atoms with van der Waals surface area (Å²) >= 11 is 0. The van der Waals surface area contributed by atoms with Crippen molar-refractivity contribution in [1.29, 1.82) is 0 Å². The summed E-state index contributed by atoms with van der Waals surface area (Å²) < 4.78 is 2.12. The van der Waals surface area contributed by atoms with Crippen molar-refractivity contribution < 1.29 is 0 Å². The lowest BCUT2D eigenvalue weighted by atomic mass is 10.0. The summed E-state index contributed by atoms with van der Waals surface area (Å²) in [5.41, 5.74) is 1.30. The maximum atomic E-state index is 4.19. The SMILES string of the molecule is CCCCCCC(NCC)c1cncn1C. The molecule has 92 valence electrons. The Morgan fingerprint density at radius 3 is 2.69 bits per heavy atom. The molecule has 0 aliphatic carbocycles. The van der Waals surface area contributed by atoms with E-state index in [1.54, 1.807) is 0 Å². The van der Waals surface area contributed by atoms with Gasteiger partial charge in [-0.3, -0.25) is 0 Å². The highest BCUT2D eigenvalue weighted by Gasteiger charge is 2.12. The molecule has 1 rings (SSSR count). The van der Waals surface area contributed by atoms with Gasteiger partial charge in [0.05, 0.1) is 12.0 Å². The number of aryl methyl sites for hydroxylation is 1. The third-order valence-corrected chi connectivity index (χ3v) is 3.01. The number of hydrogen-bond acceptors (Lipinski definition) is 2. The molecule has 0 radical (unpaired) electrons. The van der Waals surface area contributed by atoms with Crippen LogP contribution in [0, 0.1) is 0 Å². The van der Waals surface area contributed by atoms with Gasteiger partial charge in [-0.15, -0.1) is 0 Å². The van der Waals surface area contributed by atoms with Crippen LogP contribution in [-0.2, 0) is 7.05 Å². The lowest BCUT2D eigenvalue weighted by Crippen LogP contribution is -2.22. The second-order valence-corrected chi connectivity index (χ2v) is 4.39. The Morgan fingerprint density at radius 1 is 1.31 bits per heavy atom. The van der Waals surface area contributed by atoms with Crippen molar-refractivity contribution in [1.82, 2.24) is 14.9 Å². The minimum Gasteiger partial charge on any atom is -0.336 e. The first kappa shape index (κ1) is 13.2. The van der Waals surface area contributed by atoms with Gasteiger partial charge in [0.25, 0.3) is 0 Å². The van der Waals surface area contributed by atoms with Gasteiger partial charge in [0.2, 0.25) is 0 Å². The van der Waals surface area contributed by atoms with Crippen LogP contribution in [0.5, 0.6) is 0 Å². The largest absolute Gasteiger partial charge is 0.336 e. The van der Waals surface area contributed by atoms with E-state index in [1.165, 1.54) is 37.8 Å². The normalized spacial score (nSPS) is 12.9. The highest BCUT2D eigenvalue weighted by atomic mass is 15.1. The van der Waals surface area contributed by atoms with E-state index in [4.69, 9.17) is 0 Å². The molecule has 0 aliphatic rings. The molecule has 0 saturated heterocycles. The molecular formula is C13H25N3. The second kappa shape index (κ2) is 7.44.